The fourth-order valence-electron chi connectivity index (χ4n) is 5.23. The molecule has 5 rings (SSSR count). The number of amides is 3. The van der Waals surface area contributed by atoms with E-state index in [1.807, 2.05) is 44.2 Å². The number of aryl methyl sites for hydroxylation is 1. The number of thioether (sulfide) groups is 1. The molecule has 0 saturated carbocycles. The minimum atomic E-state index is -0.499. The molecule has 8 nitrogen and oxygen atoms in total. The summed E-state index contributed by atoms with van der Waals surface area (Å²) in [5.41, 5.74) is 3.39. The first kappa shape index (κ1) is 33.5. The number of nitrogens with zero attached hydrogens (tertiary/aromatic N) is 1. The van der Waals surface area contributed by atoms with Crippen molar-refractivity contribution in [1.82, 2.24) is 5.32 Å². The molecule has 1 aliphatic rings. The Labute approximate surface area is 283 Å². The highest BCUT2D eigenvalue weighted by Gasteiger charge is 2.25. The molecule has 0 saturated heterocycles. The summed E-state index contributed by atoms with van der Waals surface area (Å²) in [5.74, 6) is -0.366. The molecule has 1 aromatic heterocycles. The molecule has 0 fully saturated rings. The lowest BCUT2D eigenvalue weighted by atomic mass is 9.96. The largest absolute Gasteiger partial charge is 0.494 e. The number of carbonyl (C=O) groups excluding carboxylic acids is 3. The van der Waals surface area contributed by atoms with Crippen LogP contribution < -0.4 is 20.7 Å². The van der Waals surface area contributed by atoms with Gasteiger partial charge in [-0.15, -0.1) is 23.1 Å². The predicted octanol–water partition coefficient (Wildman–Crippen LogP) is 7.82. The van der Waals surface area contributed by atoms with Crippen LogP contribution in [0.5, 0.6) is 5.75 Å². The van der Waals surface area contributed by atoms with Gasteiger partial charge in [-0.3, -0.25) is 14.4 Å². The molecule has 3 amide bonds. The van der Waals surface area contributed by atoms with E-state index < -0.39 is 17.1 Å². The zero-order chi connectivity index (χ0) is 33.2. The Hall–Kier alpha value is -4.85. The second kappa shape index (κ2) is 16.1. The third-order valence-electron chi connectivity index (χ3n) is 7.58. The van der Waals surface area contributed by atoms with Gasteiger partial charge in [0, 0.05) is 21.0 Å². The topological polar surface area (TPSA) is 120 Å². The lowest BCUT2D eigenvalue weighted by molar-refractivity contribution is -0.116. The maximum Gasteiger partial charge on any atom is 0.272 e. The van der Waals surface area contributed by atoms with Crippen molar-refractivity contribution >= 4 is 57.6 Å². The Morgan fingerprint density at radius 3 is 2.47 bits per heavy atom. The lowest BCUT2D eigenvalue weighted by Crippen LogP contribution is -2.30. The van der Waals surface area contributed by atoms with E-state index in [0.717, 1.165) is 36.1 Å². The van der Waals surface area contributed by atoms with Gasteiger partial charge in [0.1, 0.15) is 22.5 Å². The molecule has 0 spiro atoms. The minimum Gasteiger partial charge on any atom is -0.494 e. The molecule has 240 valence electrons. The highest BCUT2D eigenvalue weighted by Crippen LogP contribution is 2.38. The van der Waals surface area contributed by atoms with Gasteiger partial charge in [-0.1, -0.05) is 43.3 Å². The third-order valence-corrected chi connectivity index (χ3v) is 10.1. The Morgan fingerprint density at radius 1 is 0.979 bits per heavy atom. The Kier molecular flexibility index (Phi) is 11.5. The van der Waals surface area contributed by atoms with Crippen LogP contribution in [0.2, 0.25) is 0 Å². The van der Waals surface area contributed by atoms with Gasteiger partial charge < -0.3 is 20.7 Å². The van der Waals surface area contributed by atoms with Crippen LogP contribution in [-0.2, 0) is 22.4 Å². The maximum atomic E-state index is 13.6. The number of fused-ring (bicyclic) bond motifs is 1. The number of nitrogens with one attached hydrogen (secondary N) is 3. The van der Waals surface area contributed by atoms with Gasteiger partial charge in [0.15, 0.2) is 0 Å². The molecule has 0 radical (unpaired) electrons. The summed E-state index contributed by atoms with van der Waals surface area (Å²) in [6.07, 6.45) is 6.17. The number of thiophene rings is 1. The molecule has 4 aromatic rings. The van der Waals surface area contributed by atoms with E-state index in [4.69, 9.17) is 4.74 Å². The summed E-state index contributed by atoms with van der Waals surface area (Å²) in [4.78, 5) is 42.0. The standard InChI is InChI=1S/C37H36N4O4S2/c1-3-32(36(44)41-37-30(23-38)29-15-8-9-16-33(29)47-37)46-28-14-10-13-26(22-28)39-35(43)31(40-34(42)25-11-6-5-7-12-25)21-24-17-19-27(20-18-24)45-4-2/h5-7,10-14,17-22,32H,3-4,8-9,15-16H2,1-2H3,(H,39,43)(H,40,42)(H,41,44)/b31-21+. The van der Waals surface area contributed by atoms with Crippen LogP contribution in [-0.4, -0.2) is 29.6 Å². The van der Waals surface area contributed by atoms with Crippen molar-refractivity contribution in [3.8, 4) is 11.8 Å². The zero-order valence-electron chi connectivity index (χ0n) is 26.3. The van der Waals surface area contributed by atoms with Crippen LogP contribution in [0.4, 0.5) is 10.7 Å². The van der Waals surface area contributed by atoms with Crippen LogP contribution in [0.15, 0.2) is 89.5 Å². The average molecular weight is 665 g/mol. The van der Waals surface area contributed by atoms with Gasteiger partial charge >= 0.3 is 0 Å². The molecule has 47 heavy (non-hydrogen) atoms. The molecule has 3 N–H and O–H groups in total. The molecule has 0 bridgehead atoms. The van der Waals surface area contributed by atoms with Gasteiger partial charge in [-0.25, -0.2) is 0 Å². The predicted molar refractivity (Wildman–Crippen MR) is 189 cm³/mol. The SMILES string of the molecule is CCOc1ccc(/C=C(/NC(=O)c2ccccc2)C(=O)Nc2cccc(SC(CC)C(=O)Nc3sc4c(c3C#N)CCCC4)c2)cc1. The van der Waals surface area contributed by atoms with E-state index in [9.17, 15) is 19.6 Å². The number of benzene rings is 3. The normalized spacial score (nSPS) is 13.1. The van der Waals surface area contributed by atoms with Crippen LogP contribution in [0, 0.1) is 11.3 Å². The fraction of sp³-hybridized carbons (Fsp3) is 0.243. The number of anilines is 2. The van der Waals surface area contributed by atoms with E-state index in [1.165, 1.54) is 28.0 Å². The van der Waals surface area contributed by atoms with Gasteiger partial charge in [-0.2, -0.15) is 5.26 Å². The molecule has 1 aliphatic carbocycles. The number of ether oxygens (including phenoxy) is 1. The fourth-order valence-corrected chi connectivity index (χ4v) is 7.49. The Balaban J connectivity index is 1.31. The molecule has 0 aliphatic heterocycles. The molecule has 1 atom stereocenters. The highest BCUT2D eigenvalue weighted by atomic mass is 32.2. The van der Waals surface area contributed by atoms with Crippen molar-refractivity contribution < 1.29 is 19.1 Å². The van der Waals surface area contributed by atoms with Crippen LogP contribution in [0.1, 0.15) is 65.0 Å². The third kappa shape index (κ3) is 8.70. The number of hydrogen-bond acceptors (Lipinski definition) is 7. The summed E-state index contributed by atoms with van der Waals surface area (Å²) >= 11 is 2.91. The van der Waals surface area contributed by atoms with Crippen molar-refractivity contribution in [2.75, 3.05) is 17.2 Å². The van der Waals surface area contributed by atoms with E-state index in [2.05, 4.69) is 22.0 Å². The van der Waals surface area contributed by atoms with Crippen molar-refractivity contribution in [3.05, 3.63) is 112 Å². The van der Waals surface area contributed by atoms with Gasteiger partial charge in [0.2, 0.25) is 5.91 Å². The molecular formula is C37H36N4O4S2. The van der Waals surface area contributed by atoms with Gasteiger partial charge in [-0.05, 0) is 98.7 Å². The van der Waals surface area contributed by atoms with E-state index in [0.29, 0.717) is 46.2 Å². The van der Waals surface area contributed by atoms with Gasteiger partial charge in [0.05, 0.1) is 17.4 Å². The second-order valence-corrected chi connectivity index (χ2v) is 13.3. The summed E-state index contributed by atoms with van der Waals surface area (Å²) in [5, 5.41) is 18.7. The Morgan fingerprint density at radius 2 is 1.74 bits per heavy atom. The average Bonchev–Trinajstić information content (AvgIpc) is 3.45. The number of carbonyl (C=O) groups is 3. The van der Waals surface area contributed by atoms with Gasteiger partial charge in [0.25, 0.3) is 11.8 Å². The molecular weight excluding hydrogens is 629 g/mol. The minimum absolute atomic E-state index is 0.0684. The number of hydrogen-bond donors (Lipinski definition) is 3. The molecule has 1 unspecified atom stereocenters. The van der Waals surface area contributed by atoms with Crippen LogP contribution >= 0.6 is 23.1 Å². The lowest BCUT2D eigenvalue weighted by Gasteiger charge is -2.16. The first-order valence-electron chi connectivity index (χ1n) is 15.6. The van der Waals surface area contributed by atoms with E-state index >= 15 is 0 Å². The number of nitriles is 1. The monoisotopic (exact) mass is 664 g/mol. The van der Waals surface area contributed by atoms with Crippen molar-refractivity contribution in [1.29, 1.82) is 5.26 Å². The van der Waals surface area contributed by atoms with Crippen molar-refractivity contribution in [2.24, 2.45) is 0 Å². The first-order valence-corrected chi connectivity index (χ1v) is 17.3. The van der Waals surface area contributed by atoms with Crippen LogP contribution in [0.25, 0.3) is 6.08 Å². The number of rotatable bonds is 12. The summed E-state index contributed by atoms with van der Waals surface area (Å²) in [7, 11) is 0. The van der Waals surface area contributed by atoms with E-state index in [-0.39, 0.29) is 11.6 Å². The van der Waals surface area contributed by atoms with Crippen molar-refractivity contribution in [2.45, 2.75) is 56.1 Å². The highest BCUT2D eigenvalue weighted by molar-refractivity contribution is 8.00. The first-order chi connectivity index (χ1) is 22.9. The second-order valence-electron chi connectivity index (χ2n) is 10.9. The molecule has 10 heteroatoms. The van der Waals surface area contributed by atoms with Crippen LogP contribution in [0.3, 0.4) is 0 Å². The summed E-state index contributed by atoms with van der Waals surface area (Å²) in [6.45, 7) is 4.39. The quantitative estimate of drug-likeness (QED) is 0.105. The molecule has 1 heterocycles. The smallest absolute Gasteiger partial charge is 0.272 e. The molecule has 3 aromatic carbocycles. The summed E-state index contributed by atoms with van der Waals surface area (Å²) in [6, 6.07) is 25.5. The van der Waals surface area contributed by atoms with E-state index in [1.54, 1.807) is 54.6 Å². The maximum absolute atomic E-state index is 13.6. The Bertz CT molecular complexity index is 1810. The van der Waals surface area contributed by atoms with Crippen molar-refractivity contribution in [3.63, 3.8) is 0 Å². The zero-order valence-corrected chi connectivity index (χ0v) is 27.9. The summed E-state index contributed by atoms with van der Waals surface area (Å²) < 4.78 is 5.52.